The Morgan fingerprint density at radius 3 is 2.57 bits per heavy atom. The monoisotopic (exact) mass is 336 g/mol. The third-order valence-corrected chi connectivity index (χ3v) is 6.09. The van der Waals surface area contributed by atoms with Gasteiger partial charge >= 0.3 is 0 Å². The van der Waals surface area contributed by atoms with Crippen LogP contribution in [0.25, 0.3) is 0 Å². The molecular weight excluding hydrogens is 308 g/mol. The predicted molar refractivity (Wildman–Crippen MR) is 95.2 cm³/mol. The predicted octanol–water partition coefficient (Wildman–Crippen LogP) is 3.07. The van der Waals surface area contributed by atoms with Crippen molar-refractivity contribution in [2.75, 3.05) is 37.6 Å². The molecule has 0 spiro atoms. The molecule has 1 aromatic rings. The summed E-state index contributed by atoms with van der Waals surface area (Å²) in [6.07, 6.45) is 2.69. The van der Waals surface area contributed by atoms with Crippen molar-refractivity contribution in [1.29, 1.82) is 0 Å². The number of likely N-dealkylation sites (tertiary alicyclic amines) is 1. The molecule has 0 amide bonds. The summed E-state index contributed by atoms with van der Waals surface area (Å²) >= 11 is -1.89. The van der Waals surface area contributed by atoms with E-state index >= 15 is 0 Å². The standard InChI is InChI=1S/C18H28N2O2S/c1-14(2)16-6-8-19(9-7-16)11-15-12-20(13-15)17-4-3-5-18(10-17)23(21)22/h3-5,10,14-16H,6-9,11-13H2,1-2H3,(H,21,22). The van der Waals surface area contributed by atoms with Crippen LogP contribution < -0.4 is 4.90 Å². The Bertz CT molecular complexity index is 550. The highest BCUT2D eigenvalue weighted by atomic mass is 32.2. The van der Waals surface area contributed by atoms with Gasteiger partial charge in [-0.3, -0.25) is 0 Å². The van der Waals surface area contributed by atoms with E-state index in [4.69, 9.17) is 0 Å². The Morgan fingerprint density at radius 2 is 1.96 bits per heavy atom. The van der Waals surface area contributed by atoms with Crippen molar-refractivity contribution in [3.63, 3.8) is 0 Å². The largest absolute Gasteiger partial charge is 0.371 e. The fourth-order valence-electron chi connectivity index (χ4n) is 3.85. The molecule has 3 rings (SSSR count). The molecule has 0 radical (unpaired) electrons. The summed E-state index contributed by atoms with van der Waals surface area (Å²) in [6, 6.07) is 7.43. The number of hydrogen-bond acceptors (Lipinski definition) is 3. The summed E-state index contributed by atoms with van der Waals surface area (Å²) in [5.74, 6) is 2.46. The second-order valence-corrected chi connectivity index (χ2v) is 8.37. The normalized spacial score (nSPS) is 22.3. The van der Waals surface area contributed by atoms with E-state index in [0.717, 1.165) is 36.5 Å². The highest BCUT2D eigenvalue weighted by molar-refractivity contribution is 7.79. The van der Waals surface area contributed by atoms with Gasteiger partial charge in [-0.05, 0) is 56.0 Å². The Morgan fingerprint density at radius 1 is 1.26 bits per heavy atom. The molecule has 0 aromatic heterocycles. The summed E-state index contributed by atoms with van der Waals surface area (Å²) in [4.78, 5) is 5.42. The molecule has 2 heterocycles. The molecule has 23 heavy (non-hydrogen) atoms. The van der Waals surface area contributed by atoms with Crippen LogP contribution in [0, 0.1) is 17.8 Å². The Hall–Kier alpha value is -0.910. The van der Waals surface area contributed by atoms with Gasteiger partial charge < -0.3 is 14.4 Å². The van der Waals surface area contributed by atoms with Gasteiger partial charge in [0, 0.05) is 31.2 Å². The molecule has 4 nitrogen and oxygen atoms in total. The highest BCUT2D eigenvalue weighted by Crippen LogP contribution is 2.29. The molecule has 1 atom stereocenters. The first kappa shape index (κ1) is 16.9. The number of piperidine rings is 1. The van der Waals surface area contributed by atoms with Crippen molar-refractivity contribution in [3.05, 3.63) is 24.3 Å². The van der Waals surface area contributed by atoms with E-state index in [-0.39, 0.29) is 0 Å². The number of anilines is 1. The van der Waals surface area contributed by atoms with Crippen molar-refractivity contribution < 1.29 is 8.76 Å². The fraction of sp³-hybridized carbons (Fsp3) is 0.667. The number of hydrogen-bond donors (Lipinski definition) is 1. The van der Waals surface area contributed by atoms with E-state index in [1.54, 1.807) is 6.07 Å². The van der Waals surface area contributed by atoms with Crippen LogP contribution in [0.15, 0.2) is 29.2 Å². The minimum absolute atomic E-state index is 0.488. The molecule has 5 heteroatoms. The Labute approximate surface area is 142 Å². The van der Waals surface area contributed by atoms with Crippen LogP contribution in [0.5, 0.6) is 0 Å². The minimum Gasteiger partial charge on any atom is -0.371 e. The molecule has 2 aliphatic rings. The average Bonchev–Trinajstić information content (AvgIpc) is 2.51. The fourth-order valence-corrected chi connectivity index (χ4v) is 4.27. The third kappa shape index (κ3) is 4.14. The van der Waals surface area contributed by atoms with Crippen LogP contribution in [0.4, 0.5) is 5.69 Å². The highest BCUT2D eigenvalue weighted by Gasteiger charge is 2.30. The zero-order valence-electron chi connectivity index (χ0n) is 14.1. The number of rotatable bonds is 5. The zero-order valence-corrected chi connectivity index (χ0v) is 15.0. The van der Waals surface area contributed by atoms with Gasteiger partial charge in [-0.2, -0.15) is 0 Å². The lowest BCUT2D eigenvalue weighted by Crippen LogP contribution is -2.52. The quantitative estimate of drug-likeness (QED) is 0.839. The van der Waals surface area contributed by atoms with Gasteiger partial charge in [0.05, 0.1) is 4.90 Å². The van der Waals surface area contributed by atoms with Gasteiger partial charge in [-0.15, -0.1) is 0 Å². The van der Waals surface area contributed by atoms with E-state index in [1.807, 2.05) is 18.2 Å². The smallest absolute Gasteiger partial charge is 0.186 e. The molecule has 128 valence electrons. The SMILES string of the molecule is CC(C)C1CCN(CC2CN(c3cccc(S(=O)O)c3)C2)CC1. The molecule has 0 bridgehead atoms. The van der Waals surface area contributed by atoms with Crippen molar-refractivity contribution in [2.24, 2.45) is 17.8 Å². The van der Waals surface area contributed by atoms with Gasteiger partial charge in [-0.25, -0.2) is 4.21 Å². The molecule has 2 fully saturated rings. The van der Waals surface area contributed by atoms with Crippen LogP contribution in [-0.2, 0) is 11.1 Å². The maximum atomic E-state index is 11.2. The lowest BCUT2D eigenvalue weighted by Gasteiger charge is -2.44. The van der Waals surface area contributed by atoms with Crippen molar-refractivity contribution in [1.82, 2.24) is 4.90 Å². The van der Waals surface area contributed by atoms with Crippen LogP contribution >= 0.6 is 0 Å². The van der Waals surface area contributed by atoms with Gasteiger partial charge in [0.25, 0.3) is 0 Å². The lowest BCUT2D eigenvalue weighted by atomic mass is 9.86. The third-order valence-electron chi connectivity index (χ3n) is 5.43. The topological polar surface area (TPSA) is 43.8 Å². The van der Waals surface area contributed by atoms with E-state index in [2.05, 4.69) is 23.6 Å². The maximum absolute atomic E-state index is 11.2. The summed E-state index contributed by atoms with van der Waals surface area (Å²) in [7, 11) is 0. The molecule has 2 saturated heterocycles. The van der Waals surface area contributed by atoms with Crippen LogP contribution in [0.1, 0.15) is 26.7 Å². The van der Waals surface area contributed by atoms with Gasteiger partial charge in [0.1, 0.15) is 0 Å². The average molecular weight is 337 g/mol. The number of nitrogens with zero attached hydrogens (tertiary/aromatic N) is 2. The lowest BCUT2D eigenvalue weighted by molar-refractivity contribution is 0.131. The first-order valence-electron chi connectivity index (χ1n) is 8.71. The van der Waals surface area contributed by atoms with Crippen LogP contribution in [-0.4, -0.2) is 46.4 Å². The van der Waals surface area contributed by atoms with E-state index < -0.39 is 11.1 Å². The van der Waals surface area contributed by atoms with Crippen LogP contribution in [0.3, 0.4) is 0 Å². The molecule has 1 unspecified atom stereocenters. The molecular formula is C18H28N2O2S. The van der Waals surface area contributed by atoms with Crippen molar-refractivity contribution >= 4 is 16.8 Å². The first-order valence-corrected chi connectivity index (χ1v) is 9.82. The van der Waals surface area contributed by atoms with E-state index in [9.17, 15) is 8.76 Å². The van der Waals surface area contributed by atoms with Crippen molar-refractivity contribution in [3.8, 4) is 0 Å². The van der Waals surface area contributed by atoms with Gasteiger partial charge in [0.15, 0.2) is 11.1 Å². The molecule has 1 N–H and O–H groups in total. The second-order valence-electron chi connectivity index (χ2n) is 7.40. The summed E-state index contributed by atoms with van der Waals surface area (Å²) in [6.45, 7) is 10.5. The molecule has 1 aromatic carbocycles. The molecule has 0 saturated carbocycles. The summed E-state index contributed by atoms with van der Waals surface area (Å²) in [5.41, 5.74) is 1.07. The molecule has 0 aliphatic carbocycles. The van der Waals surface area contributed by atoms with Gasteiger partial charge in [0.2, 0.25) is 0 Å². The Kier molecular flexibility index (Phi) is 5.39. The van der Waals surface area contributed by atoms with E-state index in [1.165, 1.54) is 32.5 Å². The summed E-state index contributed by atoms with van der Waals surface area (Å²) < 4.78 is 20.4. The number of benzene rings is 1. The minimum atomic E-state index is -1.89. The zero-order chi connectivity index (χ0) is 16.4. The van der Waals surface area contributed by atoms with E-state index in [0.29, 0.717) is 4.90 Å². The Balaban J connectivity index is 1.45. The van der Waals surface area contributed by atoms with Crippen molar-refractivity contribution in [2.45, 2.75) is 31.6 Å². The van der Waals surface area contributed by atoms with Gasteiger partial charge in [-0.1, -0.05) is 19.9 Å². The van der Waals surface area contributed by atoms with Crippen LogP contribution in [0.2, 0.25) is 0 Å². The first-order chi connectivity index (χ1) is 11.0. The molecule has 2 aliphatic heterocycles. The second kappa shape index (κ2) is 7.32. The summed E-state index contributed by atoms with van der Waals surface area (Å²) in [5, 5.41) is 0. The maximum Gasteiger partial charge on any atom is 0.186 e.